The summed E-state index contributed by atoms with van der Waals surface area (Å²) in [7, 11) is 2.90. The van der Waals surface area contributed by atoms with Gasteiger partial charge in [0.25, 0.3) is 5.91 Å². The standard InChI is InChI=1S/C22H21N5O4S/c1-4-31-15-7-8-16-18(10-15)32-22(25-16)27(13-14-6-5-9-23-12-14)20(28)17-11-19(29-2)26-21(24-17)30-3/h5-12H,4,13H2,1-3H3. The van der Waals surface area contributed by atoms with E-state index >= 15 is 0 Å². The second-order valence-corrected chi connectivity index (χ2v) is 7.60. The molecule has 32 heavy (non-hydrogen) atoms. The number of thiazole rings is 1. The number of nitrogens with zero attached hydrogens (tertiary/aromatic N) is 5. The van der Waals surface area contributed by atoms with E-state index in [-0.39, 0.29) is 30.0 Å². The molecule has 0 saturated heterocycles. The van der Waals surface area contributed by atoms with Gasteiger partial charge >= 0.3 is 6.01 Å². The van der Waals surface area contributed by atoms with Gasteiger partial charge in [0.15, 0.2) is 5.13 Å². The Hall–Kier alpha value is -3.79. The first-order valence-electron chi connectivity index (χ1n) is 9.82. The highest BCUT2D eigenvalue weighted by molar-refractivity contribution is 7.22. The molecular formula is C22H21N5O4S. The number of carbonyl (C=O) groups excluding carboxylic acids is 1. The van der Waals surface area contributed by atoms with Gasteiger partial charge in [-0.15, -0.1) is 0 Å². The van der Waals surface area contributed by atoms with Gasteiger partial charge in [-0.2, -0.15) is 9.97 Å². The number of pyridine rings is 1. The normalized spacial score (nSPS) is 10.7. The van der Waals surface area contributed by atoms with Crippen LogP contribution in [0, 0.1) is 0 Å². The summed E-state index contributed by atoms with van der Waals surface area (Å²) in [5, 5.41) is 0.527. The minimum Gasteiger partial charge on any atom is -0.494 e. The summed E-state index contributed by atoms with van der Waals surface area (Å²) in [5.41, 5.74) is 1.75. The van der Waals surface area contributed by atoms with Crippen LogP contribution in [0.1, 0.15) is 23.0 Å². The van der Waals surface area contributed by atoms with E-state index in [1.165, 1.54) is 31.6 Å². The van der Waals surface area contributed by atoms with E-state index in [9.17, 15) is 4.79 Å². The molecule has 0 unspecified atom stereocenters. The van der Waals surface area contributed by atoms with Gasteiger partial charge in [-0.3, -0.25) is 14.7 Å². The fourth-order valence-electron chi connectivity index (χ4n) is 3.01. The Morgan fingerprint density at radius 1 is 1.09 bits per heavy atom. The van der Waals surface area contributed by atoms with Crippen LogP contribution in [-0.2, 0) is 6.54 Å². The molecule has 3 heterocycles. The Morgan fingerprint density at radius 3 is 2.69 bits per heavy atom. The van der Waals surface area contributed by atoms with Gasteiger partial charge in [0, 0.05) is 18.5 Å². The number of ether oxygens (including phenoxy) is 3. The van der Waals surface area contributed by atoms with Crippen LogP contribution >= 0.6 is 11.3 Å². The van der Waals surface area contributed by atoms with Crippen LogP contribution in [0.25, 0.3) is 10.2 Å². The fraction of sp³-hybridized carbons (Fsp3) is 0.227. The van der Waals surface area contributed by atoms with Crippen molar-refractivity contribution in [3.05, 3.63) is 60.0 Å². The number of anilines is 1. The lowest BCUT2D eigenvalue weighted by atomic mass is 10.2. The largest absolute Gasteiger partial charge is 0.494 e. The molecule has 0 fully saturated rings. The zero-order chi connectivity index (χ0) is 22.5. The number of carbonyl (C=O) groups is 1. The molecule has 0 bridgehead atoms. The SMILES string of the molecule is CCOc1ccc2nc(N(Cc3cccnc3)C(=O)c3cc(OC)nc(OC)n3)sc2c1. The highest BCUT2D eigenvalue weighted by Gasteiger charge is 2.25. The van der Waals surface area contributed by atoms with Crippen LogP contribution in [0.3, 0.4) is 0 Å². The van der Waals surface area contributed by atoms with Crippen LogP contribution in [-0.4, -0.2) is 46.7 Å². The van der Waals surface area contributed by atoms with E-state index in [2.05, 4.69) is 19.9 Å². The molecular weight excluding hydrogens is 430 g/mol. The van der Waals surface area contributed by atoms with Crippen molar-refractivity contribution < 1.29 is 19.0 Å². The second kappa shape index (κ2) is 9.56. The average molecular weight is 452 g/mol. The van der Waals surface area contributed by atoms with Gasteiger partial charge in [-0.1, -0.05) is 17.4 Å². The van der Waals surface area contributed by atoms with Gasteiger partial charge in [0.2, 0.25) is 5.88 Å². The van der Waals surface area contributed by atoms with Crippen LogP contribution in [0.5, 0.6) is 17.6 Å². The molecule has 0 aliphatic rings. The number of amides is 1. The van der Waals surface area contributed by atoms with Crippen LogP contribution in [0.4, 0.5) is 5.13 Å². The second-order valence-electron chi connectivity index (χ2n) is 6.59. The summed E-state index contributed by atoms with van der Waals surface area (Å²) < 4.78 is 16.8. The third-order valence-electron chi connectivity index (χ3n) is 4.49. The number of aromatic nitrogens is 4. The first-order valence-corrected chi connectivity index (χ1v) is 10.6. The predicted octanol–water partition coefficient (Wildman–Crippen LogP) is 3.74. The molecule has 3 aromatic heterocycles. The van der Waals surface area contributed by atoms with E-state index < -0.39 is 0 Å². The lowest BCUT2D eigenvalue weighted by Crippen LogP contribution is -2.31. The molecule has 0 saturated carbocycles. The molecule has 9 nitrogen and oxygen atoms in total. The average Bonchev–Trinajstić information content (AvgIpc) is 3.25. The van der Waals surface area contributed by atoms with Crippen molar-refractivity contribution in [2.45, 2.75) is 13.5 Å². The minimum absolute atomic E-state index is 0.0414. The number of benzene rings is 1. The van der Waals surface area contributed by atoms with Crippen molar-refractivity contribution in [1.82, 2.24) is 19.9 Å². The van der Waals surface area contributed by atoms with Gasteiger partial charge in [-0.25, -0.2) is 4.98 Å². The predicted molar refractivity (Wildman–Crippen MR) is 121 cm³/mol. The first-order chi connectivity index (χ1) is 15.6. The van der Waals surface area contributed by atoms with Crippen molar-refractivity contribution in [2.75, 3.05) is 25.7 Å². The molecule has 0 radical (unpaired) electrons. The summed E-state index contributed by atoms with van der Waals surface area (Å²) in [4.78, 5) is 32.3. The Labute approximate surface area is 188 Å². The maximum atomic E-state index is 13.6. The number of fused-ring (bicyclic) bond motifs is 1. The molecule has 0 atom stereocenters. The summed E-state index contributed by atoms with van der Waals surface area (Å²) >= 11 is 1.40. The van der Waals surface area contributed by atoms with Crippen LogP contribution in [0.15, 0.2) is 48.8 Å². The Kier molecular flexibility index (Phi) is 6.41. The number of rotatable bonds is 8. The third-order valence-corrected chi connectivity index (χ3v) is 5.53. The van der Waals surface area contributed by atoms with E-state index in [0.29, 0.717) is 11.7 Å². The molecule has 4 aromatic rings. The zero-order valence-electron chi connectivity index (χ0n) is 17.8. The monoisotopic (exact) mass is 451 g/mol. The van der Waals surface area contributed by atoms with Gasteiger partial charge < -0.3 is 14.2 Å². The Balaban J connectivity index is 1.77. The topological polar surface area (TPSA) is 99.6 Å². The molecule has 0 aliphatic carbocycles. The maximum absolute atomic E-state index is 13.6. The van der Waals surface area contributed by atoms with Crippen molar-refractivity contribution in [3.63, 3.8) is 0 Å². The summed E-state index contributed by atoms with van der Waals surface area (Å²) in [6.07, 6.45) is 3.39. The zero-order valence-corrected chi connectivity index (χ0v) is 18.6. The molecule has 0 aliphatic heterocycles. The Bertz CT molecular complexity index is 1210. The molecule has 10 heteroatoms. The lowest BCUT2D eigenvalue weighted by molar-refractivity contribution is 0.0978. The van der Waals surface area contributed by atoms with Crippen LogP contribution < -0.4 is 19.1 Å². The smallest absolute Gasteiger partial charge is 0.320 e. The highest BCUT2D eigenvalue weighted by atomic mass is 32.1. The summed E-state index contributed by atoms with van der Waals surface area (Å²) in [6, 6.07) is 10.9. The van der Waals surface area contributed by atoms with Crippen molar-refractivity contribution in [2.24, 2.45) is 0 Å². The molecule has 0 N–H and O–H groups in total. The van der Waals surface area contributed by atoms with Gasteiger partial charge in [-0.05, 0) is 36.8 Å². The van der Waals surface area contributed by atoms with Gasteiger partial charge in [0.1, 0.15) is 11.4 Å². The highest BCUT2D eigenvalue weighted by Crippen LogP contribution is 2.33. The van der Waals surface area contributed by atoms with Gasteiger partial charge in [0.05, 0.1) is 37.6 Å². The first kappa shape index (κ1) is 21.4. The fourth-order valence-corrected chi connectivity index (χ4v) is 4.00. The summed E-state index contributed by atoms with van der Waals surface area (Å²) in [5.74, 6) is 0.620. The third kappa shape index (κ3) is 4.59. The van der Waals surface area contributed by atoms with E-state index in [4.69, 9.17) is 14.2 Å². The van der Waals surface area contributed by atoms with Crippen molar-refractivity contribution >= 4 is 32.6 Å². The van der Waals surface area contributed by atoms with E-state index in [1.807, 2.05) is 37.3 Å². The number of hydrogen-bond donors (Lipinski definition) is 0. The van der Waals surface area contributed by atoms with Crippen LogP contribution in [0.2, 0.25) is 0 Å². The number of methoxy groups -OCH3 is 2. The molecule has 1 aromatic carbocycles. The van der Waals surface area contributed by atoms with E-state index in [1.54, 1.807) is 17.3 Å². The molecule has 4 rings (SSSR count). The minimum atomic E-state index is -0.364. The Morgan fingerprint density at radius 2 is 1.97 bits per heavy atom. The molecule has 164 valence electrons. The van der Waals surface area contributed by atoms with E-state index in [0.717, 1.165) is 21.5 Å². The lowest BCUT2D eigenvalue weighted by Gasteiger charge is -2.19. The molecule has 1 amide bonds. The number of hydrogen-bond acceptors (Lipinski definition) is 9. The quantitative estimate of drug-likeness (QED) is 0.399. The molecule has 0 spiro atoms. The maximum Gasteiger partial charge on any atom is 0.320 e. The summed E-state index contributed by atoms with van der Waals surface area (Å²) in [6.45, 7) is 2.76. The van der Waals surface area contributed by atoms with Crippen molar-refractivity contribution in [3.8, 4) is 17.6 Å². The van der Waals surface area contributed by atoms with Crippen molar-refractivity contribution in [1.29, 1.82) is 0 Å².